The van der Waals surface area contributed by atoms with Crippen molar-refractivity contribution in [1.82, 2.24) is 10.6 Å². The summed E-state index contributed by atoms with van der Waals surface area (Å²) >= 11 is 0. The average Bonchev–Trinajstić information content (AvgIpc) is 3.11. The van der Waals surface area contributed by atoms with Gasteiger partial charge in [-0.15, -0.1) is 0 Å². The zero-order valence-electron chi connectivity index (χ0n) is 16.5. The molecule has 0 saturated heterocycles. The number of fused-ring (bicyclic) bond motifs is 1. The van der Waals surface area contributed by atoms with Gasteiger partial charge in [0.1, 0.15) is 30.3 Å². The third kappa shape index (κ3) is 5.89. The predicted molar refractivity (Wildman–Crippen MR) is 111 cm³/mol. The second kappa shape index (κ2) is 9.99. The minimum atomic E-state index is -0.678. The number of aliphatic hydroxyl groups excluding tert-OH is 1. The SMILES string of the molecule is CCNC(=NCC(O)COc1cccc(C)c1)NCC1Cc2ccccc2O1. The predicted octanol–water partition coefficient (Wildman–Crippen LogP) is 2.29. The first kappa shape index (κ1) is 20.0. The van der Waals surface area contributed by atoms with Crippen molar-refractivity contribution in [1.29, 1.82) is 0 Å². The van der Waals surface area contributed by atoms with Crippen LogP contribution >= 0.6 is 0 Å². The molecule has 0 spiro atoms. The van der Waals surface area contributed by atoms with Gasteiger partial charge in [-0.1, -0.05) is 30.3 Å². The smallest absolute Gasteiger partial charge is 0.191 e. The first-order chi connectivity index (χ1) is 13.6. The van der Waals surface area contributed by atoms with Crippen molar-refractivity contribution in [2.45, 2.75) is 32.5 Å². The van der Waals surface area contributed by atoms with Crippen LogP contribution in [-0.4, -0.2) is 49.5 Å². The van der Waals surface area contributed by atoms with Gasteiger partial charge in [-0.25, -0.2) is 0 Å². The molecule has 2 unspecified atom stereocenters. The highest BCUT2D eigenvalue weighted by Gasteiger charge is 2.22. The number of hydrogen-bond donors (Lipinski definition) is 3. The van der Waals surface area contributed by atoms with Gasteiger partial charge in [-0.3, -0.25) is 4.99 Å². The summed E-state index contributed by atoms with van der Waals surface area (Å²) in [6, 6.07) is 15.9. The van der Waals surface area contributed by atoms with E-state index in [-0.39, 0.29) is 19.3 Å². The van der Waals surface area contributed by atoms with Crippen LogP contribution in [0.4, 0.5) is 0 Å². The van der Waals surface area contributed by atoms with Crippen LogP contribution in [0, 0.1) is 6.92 Å². The summed E-state index contributed by atoms with van der Waals surface area (Å²) in [5.41, 5.74) is 2.36. The average molecular weight is 383 g/mol. The van der Waals surface area contributed by atoms with Crippen molar-refractivity contribution in [3.8, 4) is 11.5 Å². The Labute approximate surface area is 166 Å². The molecule has 0 aromatic heterocycles. The number of nitrogens with zero attached hydrogens (tertiary/aromatic N) is 1. The molecule has 28 heavy (non-hydrogen) atoms. The van der Waals surface area contributed by atoms with Crippen molar-refractivity contribution in [2.75, 3.05) is 26.2 Å². The Kier molecular flexibility index (Phi) is 7.14. The quantitative estimate of drug-likeness (QED) is 0.482. The number of nitrogens with one attached hydrogen (secondary N) is 2. The zero-order chi connectivity index (χ0) is 19.8. The first-order valence-corrected chi connectivity index (χ1v) is 9.78. The Hall–Kier alpha value is -2.73. The number of aryl methyl sites for hydroxylation is 1. The number of para-hydroxylation sites is 1. The second-order valence-corrected chi connectivity index (χ2v) is 6.93. The van der Waals surface area contributed by atoms with Crippen LogP contribution in [0.3, 0.4) is 0 Å². The van der Waals surface area contributed by atoms with Gasteiger partial charge >= 0.3 is 0 Å². The molecule has 6 nitrogen and oxygen atoms in total. The summed E-state index contributed by atoms with van der Waals surface area (Å²) in [5, 5.41) is 16.7. The second-order valence-electron chi connectivity index (χ2n) is 6.93. The summed E-state index contributed by atoms with van der Waals surface area (Å²) in [5.74, 6) is 2.38. The van der Waals surface area contributed by atoms with Gasteiger partial charge in [-0.05, 0) is 43.2 Å². The summed E-state index contributed by atoms with van der Waals surface area (Å²) in [7, 11) is 0. The fourth-order valence-electron chi connectivity index (χ4n) is 3.07. The number of guanidine groups is 1. The van der Waals surface area contributed by atoms with Gasteiger partial charge in [0.2, 0.25) is 0 Å². The molecule has 0 saturated carbocycles. The van der Waals surface area contributed by atoms with E-state index in [1.807, 2.05) is 56.3 Å². The molecule has 3 rings (SSSR count). The van der Waals surface area contributed by atoms with E-state index in [9.17, 15) is 5.11 Å². The highest BCUT2D eigenvalue weighted by Crippen LogP contribution is 2.27. The molecule has 0 amide bonds. The maximum Gasteiger partial charge on any atom is 0.191 e. The molecule has 1 aliphatic rings. The largest absolute Gasteiger partial charge is 0.491 e. The van der Waals surface area contributed by atoms with Gasteiger partial charge < -0.3 is 25.2 Å². The van der Waals surface area contributed by atoms with Crippen LogP contribution < -0.4 is 20.1 Å². The van der Waals surface area contributed by atoms with Gasteiger partial charge in [0, 0.05) is 13.0 Å². The monoisotopic (exact) mass is 383 g/mol. The van der Waals surface area contributed by atoms with Gasteiger partial charge in [-0.2, -0.15) is 0 Å². The van der Waals surface area contributed by atoms with Crippen LogP contribution in [-0.2, 0) is 6.42 Å². The van der Waals surface area contributed by atoms with Gasteiger partial charge in [0.25, 0.3) is 0 Å². The summed E-state index contributed by atoms with van der Waals surface area (Å²) in [6.07, 6.45) is 0.286. The van der Waals surface area contributed by atoms with Gasteiger partial charge in [0.15, 0.2) is 5.96 Å². The third-order valence-corrected chi connectivity index (χ3v) is 4.45. The lowest BCUT2D eigenvalue weighted by atomic mass is 10.1. The van der Waals surface area contributed by atoms with Crippen LogP contribution in [0.1, 0.15) is 18.1 Å². The molecular weight excluding hydrogens is 354 g/mol. The summed E-state index contributed by atoms with van der Waals surface area (Å²) in [6.45, 7) is 5.87. The minimum absolute atomic E-state index is 0.0795. The van der Waals surface area contributed by atoms with Crippen LogP contribution in [0.5, 0.6) is 11.5 Å². The Morgan fingerprint density at radius 3 is 2.89 bits per heavy atom. The Morgan fingerprint density at radius 2 is 2.11 bits per heavy atom. The van der Waals surface area contributed by atoms with E-state index in [0.717, 1.165) is 30.0 Å². The highest BCUT2D eigenvalue weighted by atomic mass is 16.5. The summed E-state index contributed by atoms with van der Waals surface area (Å²) < 4.78 is 11.6. The van der Waals surface area contributed by atoms with Crippen LogP contribution in [0.15, 0.2) is 53.5 Å². The molecular formula is C22H29N3O3. The van der Waals surface area contributed by atoms with E-state index in [2.05, 4.69) is 21.7 Å². The Bertz CT molecular complexity index is 769. The Morgan fingerprint density at radius 1 is 1.25 bits per heavy atom. The zero-order valence-corrected chi connectivity index (χ0v) is 16.5. The van der Waals surface area contributed by atoms with Crippen LogP contribution in [0.25, 0.3) is 0 Å². The molecule has 150 valence electrons. The number of rotatable bonds is 8. The van der Waals surface area contributed by atoms with E-state index in [1.165, 1.54) is 5.56 Å². The van der Waals surface area contributed by atoms with E-state index in [1.54, 1.807) is 0 Å². The fourth-order valence-corrected chi connectivity index (χ4v) is 3.07. The first-order valence-electron chi connectivity index (χ1n) is 9.78. The molecule has 6 heteroatoms. The maximum absolute atomic E-state index is 10.2. The van der Waals surface area contributed by atoms with E-state index < -0.39 is 6.10 Å². The van der Waals surface area contributed by atoms with Crippen molar-refractivity contribution < 1.29 is 14.6 Å². The summed E-state index contributed by atoms with van der Waals surface area (Å²) in [4.78, 5) is 4.46. The van der Waals surface area contributed by atoms with Gasteiger partial charge in [0.05, 0.1) is 13.1 Å². The van der Waals surface area contributed by atoms with Crippen molar-refractivity contribution in [3.63, 3.8) is 0 Å². The number of benzene rings is 2. The highest BCUT2D eigenvalue weighted by molar-refractivity contribution is 5.79. The number of hydrogen-bond acceptors (Lipinski definition) is 4. The molecule has 1 heterocycles. The molecule has 0 aliphatic carbocycles. The van der Waals surface area contributed by atoms with E-state index in [4.69, 9.17) is 9.47 Å². The van der Waals surface area contributed by atoms with Crippen molar-refractivity contribution >= 4 is 5.96 Å². The van der Waals surface area contributed by atoms with Crippen molar-refractivity contribution in [2.24, 2.45) is 4.99 Å². The molecule has 0 radical (unpaired) electrons. The minimum Gasteiger partial charge on any atom is -0.491 e. The fraction of sp³-hybridized carbons (Fsp3) is 0.409. The van der Waals surface area contributed by atoms with Crippen molar-refractivity contribution in [3.05, 3.63) is 59.7 Å². The van der Waals surface area contributed by atoms with E-state index in [0.29, 0.717) is 12.5 Å². The molecule has 2 aromatic rings. The standard InChI is InChI=1S/C22H29N3O3/c1-3-23-22(25-14-20-12-17-8-4-5-10-21(17)28-20)24-13-18(26)15-27-19-9-6-7-16(2)11-19/h4-11,18,20,26H,3,12-15H2,1-2H3,(H2,23,24,25). The third-order valence-electron chi connectivity index (χ3n) is 4.45. The maximum atomic E-state index is 10.2. The molecule has 0 fully saturated rings. The molecule has 2 atom stereocenters. The number of aliphatic hydroxyl groups is 1. The molecule has 1 aliphatic heterocycles. The molecule has 3 N–H and O–H groups in total. The number of aliphatic imine (C=N–C) groups is 1. The number of ether oxygens (including phenoxy) is 2. The lowest BCUT2D eigenvalue weighted by Gasteiger charge is -2.16. The lowest BCUT2D eigenvalue weighted by Crippen LogP contribution is -2.42. The molecule has 0 bridgehead atoms. The topological polar surface area (TPSA) is 75.1 Å². The Balaban J connectivity index is 1.44. The van der Waals surface area contributed by atoms with Crippen LogP contribution in [0.2, 0.25) is 0 Å². The lowest BCUT2D eigenvalue weighted by molar-refractivity contribution is 0.114. The molecule has 2 aromatic carbocycles. The van der Waals surface area contributed by atoms with E-state index >= 15 is 0 Å². The normalized spacial score (nSPS) is 16.8.